The number of carbonyl (C=O) groups is 1. The Bertz CT molecular complexity index is 636. The third-order valence-electron chi connectivity index (χ3n) is 3.96. The van der Waals surface area contributed by atoms with Crippen LogP contribution in [0.1, 0.15) is 34.7 Å². The second-order valence-electron chi connectivity index (χ2n) is 5.25. The molecular weight excluding hydrogens is 370 g/mol. The SMILES string of the molecule is O=C(c1cc(Br)ccc1Cl)N1CCC(c2ccsc2)CC1. The van der Waals surface area contributed by atoms with Gasteiger partial charge in [-0.05, 0) is 59.3 Å². The van der Waals surface area contributed by atoms with Crippen LogP contribution >= 0.6 is 38.9 Å². The second-order valence-corrected chi connectivity index (χ2v) is 7.35. The zero-order valence-electron chi connectivity index (χ0n) is 11.4. The van der Waals surface area contributed by atoms with Gasteiger partial charge in [0.05, 0.1) is 10.6 Å². The van der Waals surface area contributed by atoms with E-state index in [2.05, 4.69) is 32.8 Å². The lowest BCUT2D eigenvalue weighted by atomic mass is 9.91. The van der Waals surface area contributed by atoms with Gasteiger partial charge in [-0.2, -0.15) is 11.3 Å². The van der Waals surface area contributed by atoms with Crippen LogP contribution in [0.2, 0.25) is 5.02 Å². The minimum atomic E-state index is 0.0325. The van der Waals surface area contributed by atoms with Crippen LogP contribution in [0.3, 0.4) is 0 Å². The molecule has 2 nitrogen and oxygen atoms in total. The summed E-state index contributed by atoms with van der Waals surface area (Å²) in [7, 11) is 0. The van der Waals surface area contributed by atoms with Crippen LogP contribution < -0.4 is 0 Å². The van der Waals surface area contributed by atoms with Gasteiger partial charge in [-0.25, -0.2) is 0 Å². The Morgan fingerprint density at radius 2 is 2.05 bits per heavy atom. The molecule has 0 saturated carbocycles. The van der Waals surface area contributed by atoms with Crippen molar-refractivity contribution in [2.45, 2.75) is 18.8 Å². The van der Waals surface area contributed by atoms with Crippen molar-refractivity contribution in [3.8, 4) is 0 Å². The van der Waals surface area contributed by atoms with E-state index < -0.39 is 0 Å². The number of thiophene rings is 1. The fourth-order valence-electron chi connectivity index (χ4n) is 2.75. The van der Waals surface area contributed by atoms with Crippen LogP contribution in [0, 0.1) is 0 Å². The Balaban J connectivity index is 1.69. The first-order valence-electron chi connectivity index (χ1n) is 6.91. The molecule has 1 fully saturated rings. The normalized spacial score (nSPS) is 16.2. The average molecular weight is 385 g/mol. The number of nitrogens with zero attached hydrogens (tertiary/aromatic N) is 1. The van der Waals surface area contributed by atoms with Gasteiger partial charge in [-0.15, -0.1) is 0 Å². The van der Waals surface area contributed by atoms with Crippen LogP contribution in [0.5, 0.6) is 0 Å². The molecule has 0 radical (unpaired) electrons. The number of hydrogen-bond donors (Lipinski definition) is 0. The summed E-state index contributed by atoms with van der Waals surface area (Å²) in [5.74, 6) is 0.614. The number of halogens is 2. The Morgan fingerprint density at radius 1 is 1.29 bits per heavy atom. The molecule has 2 heterocycles. The van der Waals surface area contributed by atoms with Crippen molar-refractivity contribution in [3.05, 3.63) is 55.6 Å². The first-order chi connectivity index (χ1) is 10.1. The molecule has 0 spiro atoms. The Labute approximate surface area is 141 Å². The van der Waals surface area contributed by atoms with Crippen LogP contribution in [0.15, 0.2) is 39.5 Å². The Kier molecular flexibility index (Phi) is 4.67. The van der Waals surface area contributed by atoms with Gasteiger partial charge in [0.1, 0.15) is 0 Å². The molecule has 3 rings (SSSR count). The smallest absolute Gasteiger partial charge is 0.255 e. The molecule has 0 unspecified atom stereocenters. The first kappa shape index (κ1) is 15.1. The van der Waals surface area contributed by atoms with Crippen molar-refractivity contribution in [3.63, 3.8) is 0 Å². The van der Waals surface area contributed by atoms with Crippen LogP contribution in [-0.4, -0.2) is 23.9 Å². The third-order valence-corrected chi connectivity index (χ3v) is 5.48. The van der Waals surface area contributed by atoms with Crippen LogP contribution in [0.25, 0.3) is 0 Å². The summed E-state index contributed by atoms with van der Waals surface area (Å²) in [5.41, 5.74) is 1.99. The maximum atomic E-state index is 12.6. The molecule has 1 aromatic carbocycles. The summed E-state index contributed by atoms with van der Waals surface area (Å²) in [6, 6.07) is 7.60. The van der Waals surface area contributed by atoms with E-state index in [0.29, 0.717) is 16.5 Å². The molecule has 110 valence electrons. The van der Waals surface area contributed by atoms with E-state index >= 15 is 0 Å². The summed E-state index contributed by atoms with van der Waals surface area (Å²) in [6.45, 7) is 1.59. The van der Waals surface area contributed by atoms with Crippen molar-refractivity contribution < 1.29 is 4.79 Å². The highest BCUT2D eigenvalue weighted by Gasteiger charge is 2.25. The largest absolute Gasteiger partial charge is 0.339 e. The van der Waals surface area contributed by atoms with E-state index in [0.717, 1.165) is 30.4 Å². The fraction of sp³-hybridized carbons (Fsp3) is 0.312. The Morgan fingerprint density at radius 3 is 2.71 bits per heavy atom. The van der Waals surface area contributed by atoms with Gasteiger partial charge in [0, 0.05) is 17.6 Å². The van der Waals surface area contributed by atoms with Crippen molar-refractivity contribution in [2.75, 3.05) is 13.1 Å². The number of benzene rings is 1. The zero-order chi connectivity index (χ0) is 14.8. The highest BCUT2D eigenvalue weighted by Crippen LogP contribution is 2.31. The monoisotopic (exact) mass is 383 g/mol. The summed E-state index contributed by atoms with van der Waals surface area (Å²) in [4.78, 5) is 14.5. The van der Waals surface area contributed by atoms with Gasteiger partial charge in [0.15, 0.2) is 0 Å². The summed E-state index contributed by atoms with van der Waals surface area (Å²) in [6.07, 6.45) is 2.04. The van der Waals surface area contributed by atoms with Gasteiger partial charge in [0.2, 0.25) is 0 Å². The lowest BCUT2D eigenvalue weighted by Crippen LogP contribution is -2.38. The van der Waals surface area contributed by atoms with Gasteiger partial charge >= 0.3 is 0 Å². The first-order valence-corrected chi connectivity index (χ1v) is 9.03. The molecule has 1 aliphatic rings. The van der Waals surface area contributed by atoms with Gasteiger partial charge in [0.25, 0.3) is 5.91 Å². The van der Waals surface area contributed by atoms with Gasteiger partial charge < -0.3 is 4.90 Å². The number of hydrogen-bond acceptors (Lipinski definition) is 2. The third kappa shape index (κ3) is 3.33. The number of carbonyl (C=O) groups excluding carboxylic acids is 1. The molecule has 5 heteroatoms. The summed E-state index contributed by atoms with van der Waals surface area (Å²) in [5, 5.41) is 4.85. The molecule has 1 amide bonds. The molecule has 2 aromatic rings. The summed E-state index contributed by atoms with van der Waals surface area (Å²) >= 11 is 11.3. The van der Waals surface area contributed by atoms with Crippen molar-refractivity contribution in [1.82, 2.24) is 4.90 Å². The van der Waals surface area contributed by atoms with E-state index in [1.165, 1.54) is 5.56 Å². The highest BCUT2D eigenvalue weighted by molar-refractivity contribution is 9.10. The highest BCUT2D eigenvalue weighted by atomic mass is 79.9. The zero-order valence-corrected chi connectivity index (χ0v) is 14.5. The van der Waals surface area contributed by atoms with E-state index in [4.69, 9.17) is 11.6 Å². The average Bonchev–Trinajstić information content (AvgIpc) is 3.03. The lowest BCUT2D eigenvalue weighted by Gasteiger charge is -2.32. The number of piperidine rings is 1. The van der Waals surface area contributed by atoms with E-state index in [1.807, 2.05) is 11.0 Å². The molecule has 0 N–H and O–H groups in total. The van der Waals surface area contributed by atoms with Crippen molar-refractivity contribution in [1.29, 1.82) is 0 Å². The van der Waals surface area contributed by atoms with Crippen LogP contribution in [0.4, 0.5) is 0 Å². The van der Waals surface area contributed by atoms with Crippen molar-refractivity contribution in [2.24, 2.45) is 0 Å². The van der Waals surface area contributed by atoms with E-state index in [-0.39, 0.29) is 5.91 Å². The maximum Gasteiger partial charge on any atom is 0.255 e. The minimum Gasteiger partial charge on any atom is -0.339 e. The number of likely N-dealkylation sites (tertiary alicyclic amines) is 1. The fourth-order valence-corrected chi connectivity index (χ4v) is 4.06. The maximum absolute atomic E-state index is 12.6. The molecular formula is C16H15BrClNOS. The number of amides is 1. The second kappa shape index (κ2) is 6.51. The quantitative estimate of drug-likeness (QED) is 0.698. The number of rotatable bonds is 2. The standard InChI is InChI=1S/C16H15BrClNOS/c17-13-1-2-15(18)14(9-13)16(20)19-6-3-11(4-7-19)12-5-8-21-10-12/h1-2,5,8-11H,3-4,6-7H2. The van der Waals surface area contributed by atoms with Gasteiger partial charge in [-0.3, -0.25) is 4.79 Å². The minimum absolute atomic E-state index is 0.0325. The lowest BCUT2D eigenvalue weighted by molar-refractivity contribution is 0.0713. The summed E-state index contributed by atoms with van der Waals surface area (Å²) < 4.78 is 0.878. The van der Waals surface area contributed by atoms with Crippen molar-refractivity contribution >= 4 is 44.8 Å². The molecule has 1 saturated heterocycles. The Hall–Kier alpha value is -0.840. The molecule has 1 aromatic heterocycles. The van der Waals surface area contributed by atoms with Gasteiger partial charge in [-0.1, -0.05) is 27.5 Å². The van der Waals surface area contributed by atoms with E-state index in [1.54, 1.807) is 23.5 Å². The van der Waals surface area contributed by atoms with Crippen LogP contribution in [-0.2, 0) is 0 Å². The predicted octanol–water partition coefficient (Wildman–Crippen LogP) is 5.18. The molecule has 21 heavy (non-hydrogen) atoms. The molecule has 1 aliphatic heterocycles. The molecule has 0 bridgehead atoms. The molecule has 0 atom stereocenters. The predicted molar refractivity (Wildman–Crippen MR) is 91.3 cm³/mol. The molecule has 0 aliphatic carbocycles. The van der Waals surface area contributed by atoms with E-state index in [9.17, 15) is 4.79 Å². The topological polar surface area (TPSA) is 20.3 Å².